The number of rotatable bonds is 9. The average molecular weight is 544 g/mol. The highest BCUT2D eigenvalue weighted by molar-refractivity contribution is 8.15. The van der Waals surface area contributed by atoms with Gasteiger partial charge in [0.05, 0.1) is 30.2 Å². The van der Waals surface area contributed by atoms with Gasteiger partial charge in [0.25, 0.3) is 5.91 Å². The van der Waals surface area contributed by atoms with Gasteiger partial charge in [0.2, 0.25) is 11.8 Å². The van der Waals surface area contributed by atoms with Gasteiger partial charge in [0.1, 0.15) is 17.6 Å². The first-order valence-corrected chi connectivity index (χ1v) is 13.8. The number of hydrogen-bond donors (Lipinski definition) is 2. The van der Waals surface area contributed by atoms with Gasteiger partial charge in [-0.2, -0.15) is 0 Å². The lowest BCUT2D eigenvalue weighted by atomic mass is 10.1. The Morgan fingerprint density at radius 2 is 1.87 bits per heavy atom. The number of anilines is 1. The Morgan fingerprint density at radius 3 is 2.59 bits per heavy atom. The van der Waals surface area contributed by atoms with E-state index in [2.05, 4.69) is 22.5 Å². The van der Waals surface area contributed by atoms with E-state index in [1.807, 2.05) is 55.5 Å². The van der Waals surface area contributed by atoms with Crippen LogP contribution in [0.25, 0.3) is 0 Å². The van der Waals surface area contributed by atoms with Crippen molar-refractivity contribution in [3.05, 3.63) is 83.8 Å². The number of nitrogens with one attached hydrogen (secondary N) is 2. The van der Waals surface area contributed by atoms with Crippen LogP contribution in [0.4, 0.5) is 11.4 Å². The zero-order valence-corrected chi connectivity index (χ0v) is 22.5. The van der Waals surface area contributed by atoms with Crippen molar-refractivity contribution < 1.29 is 18.8 Å². The molecule has 9 nitrogen and oxygen atoms in total. The van der Waals surface area contributed by atoms with Crippen molar-refractivity contribution >= 4 is 51.9 Å². The minimum atomic E-state index is -0.889. The van der Waals surface area contributed by atoms with Crippen LogP contribution in [0.15, 0.2) is 81.3 Å². The van der Waals surface area contributed by atoms with Crippen molar-refractivity contribution in [1.82, 2.24) is 10.2 Å². The van der Waals surface area contributed by atoms with Crippen LogP contribution in [0.5, 0.6) is 0 Å². The van der Waals surface area contributed by atoms with E-state index in [9.17, 15) is 14.4 Å². The molecule has 2 aliphatic heterocycles. The molecule has 3 heterocycles. The van der Waals surface area contributed by atoms with Crippen molar-refractivity contribution in [1.29, 1.82) is 0 Å². The number of amides is 3. The Bertz CT molecular complexity index is 1430. The minimum absolute atomic E-state index is 0.106. The molecule has 0 unspecified atom stereocenters. The molecule has 0 fully saturated rings. The highest BCUT2D eigenvalue weighted by atomic mass is 32.2. The number of thioether (sulfide) groups is 1. The minimum Gasteiger partial charge on any atom is -0.467 e. The SMILES string of the molecule is CCc1ccc(NC(=O)[C@@H](CC)SC2=Nc3ccccc3C3=N[C@H](CC(=O)NCc4ccco4)C(=O)N23)cc1. The number of aryl methyl sites for hydroxylation is 1. The summed E-state index contributed by atoms with van der Waals surface area (Å²) >= 11 is 1.22. The number of aliphatic imine (C=N–C) groups is 2. The Hall–Kier alpha value is -4.18. The molecule has 2 aromatic carbocycles. The fraction of sp³-hybridized carbons (Fsp3) is 0.276. The molecule has 0 saturated carbocycles. The first-order chi connectivity index (χ1) is 19.0. The summed E-state index contributed by atoms with van der Waals surface area (Å²) < 4.78 is 5.25. The van der Waals surface area contributed by atoms with Gasteiger partial charge in [-0.3, -0.25) is 19.4 Å². The lowest BCUT2D eigenvalue weighted by Gasteiger charge is -2.27. The molecule has 2 atom stereocenters. The molecule has 0 saturated heterocycles. The van der Waals surface area contributed by atoms with Crippen molar-refractivity contribution in [2.45, 2.75) is 50.9 Å². The maximum atomic E-state index is 13.5. The van der Waals surface area contributed by atoms with Crippen LogP contribution in [0.2, 0.25) is 0 Å². The molecule has 200 valence electrons. The molecular weight excluding hydrogens is 514 g/mol. The van der Waals surface area contributed by atoms with Gasteiger partial charge in [-0.25, -0.2) is 9.89 Å². The molecule has 0 spiro atoms. The quantitative estimate of drug-likeness (QED) is 0.407. The molecule has 2 N–H and O–H groups in total. The Kier molecular flexibility index (Phi) is 7.92. The van der Waals surface area contributed by atoms with E-state index in [1.54, 1.807) is 12.1 Å². The Balaban J connectivity index is 1.33. The first-order valence-electron chi connectivity index (χ1n) is 12.9. The van der Waals surface area contributed by atoms with Crippen LogP contribution in [-0.4, -0.2) is 44.9 Å². The molecule has 3 amide bonds. The van der Waals surface area contributed by atoms with E-state index in [1.165, 1.54) is 28.5 Å². The fourth-order valence-corrected chi connectivity index (χ4v) is 5.38. The van der Waals surface area contributed by atoms with Crippen LogP contribution < -0.4 is 10.6 Å². The summed E-state index contributed by atoms with van der Waals surface area (Å²) in [6, 6.07) is 17.8. The van der Waals surface area contributed by atoms with E-state index < -0.39 is 11.3 Å². The van der Waals surface area contributed by atoms with Gasteiger partial charge in [-0.1, -0.05) is 49.9 Å². The number of carbonyl (C=O) groups is 3. The van der Waals surface area contributed by atoms with E-state index in [0.717, 1.165) is 6.42 Å². The smallest absolute Gasteiger partial charge is 0.259 e. The van der Waals surface area contributed by atoms with Gasteiger partial charge in [0, 0.05) is 11.3 Å². The summed E-state index contributed by atoms with van der Waals surface area (Å²) in [5.74, 6) is 0.238. The number of hydrogen-bond acceptors (Lipinski definition) is 7. The second-order valence-electron chi connectivity index (χ2n) is 9.17. The number of para-hydroxylation sites is 1. The number of carbonyl (C=O) groups excluding carboxylic acids is 3. The van der Waals surface area contributed by atoms with Crippen molar-refractivity contribution in [2.24, 2.45) is 9.98 Å². The van der Waals surface area contributed by atoms with E-state index in [4.69, 9.17) is 9.41 Å². The molecule has 0 radical (unpaired) electrons. The molecule has 3 aromatic rings. The third-order valence-corrected chi connectivity index (χ3v) is 7.82. The zero-order chi connectivity index (χ0) is 27.4. The topological polar surface area (TPSA) is 116 Å². The van der Waals surface area contributed by atoms with Crippen molar-refractivity contribution in [2.75, 3.05) is 5.32 Å². The summed E-state index contributed by atoms with van der Waals surface area (Å²) in [4.78, 5) is 50.2. The van der Waals surface area contributed by atoms with E-state index >= 15 is 0 Å². The number of benzene rings is 2. The van der Waals surface area contributed by atoms with E-state index in [0.29, 0.717) is 40.1 Å². The number of nitrogens with zero attached hydrogens (tertiary/aromatic N) is 3. The molecule has 1 aromatic heterocycles. The second-order valence-corrected chi connectivity index (χ2v) is 10.3. The van der Waals surface area contributed by atoms with Crippen molar-refractivity contribution in [3.63, 3.8) is 0 Å². The van der Waals surface area contributed by atoms with Gasteiger partial charge in [-0.15, -0.1) is 0 Å². The highest BCUT2D eigenvalue weighted by Crippen LogP contribution is 2.35. The van der Waals surface area contributed by atoms with Gasteiger partial charge < -0.3 is 15.1 Å². The second kappa shape index (κ2) is 11.7. The number of fused-ring (bicyclic) bond motifs is 3. The van der Waals surface area contributed by atoms with Crippen LogP contribution >= 0.6 is 11.8 Å². The molecule has 5 rings (SSSR count). The lowest BCUT2D eigenvalue weighted by molar-refractivity contribution is -0.128. The fourth-order valence-electron chi connectivity index (χ4n) is 4.36. The third kappa shape index (κ3) is 5.80. The molecule has 0 bridgehead atoms. The monoisotopic (exact) mass is 543 g/mol. The summed E-state index contributed by atoms with van der Waals surface area (Å²) in [5.41, 5.74) is 3.28. The highest BCUT2D eigenvalue weighted by Gasteiger charge is 2.43. The van der Waals surface area contributed by atoms with Gasteiger partial charge >= 0.3 is 0 Å². The predicted molar refractivity (Wildman–Crippen MR) is 152 cm³/mol. The summed E-state index contributed by atoms with van der Waals surface area (Å²) in [5, 5.41) is 5.62. The van der Waals surface area contributed by atoms with Crippen LogP contribution in [0, 0.1) is 0 Å². The Labute approximate surface area is 230 Å². The molecule has 2 aliphatic rings. The van der Waals surface area contributed by atoms with Crippen molar-refractivity contribution in [3.8, 4) is 0 Å². The molecule has 39 heavy (non-hydrogen) atoms. The molecule has 10 heteroatoms. The predicted octanol–water partition coefficient (Wildman–Crippen LogP) is 4.66. The third-order valence-electron chi connectivity index (χ3n) is 6.51. The Morgan fingerprint density at radius 1 is 1.08 bits per heavy atom. The van der Waals surface area contributed by atoms with Crippen LogP contribution in [0.1, 0.15) is 43.6 Å². The van der Waals surface area contributed by atoms with Gasteiger partial charge in [-0.05, 0) is 54.8 Å². The summed E-state index contributed by atoms with van der Waals surface area (Å²) in [7, 11) is 0. The summed E-state index contributed by atoms with van der Waals surface area (Å²) in [6.45, 7) is 4.23. The normalized spacial score (nSPS) is 16.6. The number of amidine groups is 2. The average Bonchev–Trinajstić information content (AvgIpc) is 3.59. The maximum Gasteiger partial charge on any atom is 0.259 e. The summed E-state index contributed by atoms with van der Waals surface area (Å²) in [6.07, 6.45) is 2.87. The lowest BCUT2D eigenvalue weighted by Crippen LogP contribution is -2.43. The van der Waals surface area contributed by atoms with Crippen LogP contribution in [-0.2, 0) is 27.3 Å². The standard InChI is InChI=1S/C29H29N5O4S/c1-3-18-11-13-19(14-12-18)31-27(36)24(4-2)39-29-33-22-10-6-5-9-21(22)26-32-23(28(37)34(26)29)16-25(35)30-17-20-8-7-15-38-20/h5-15,23-24H,3-4,16-17H2,1-2H3,(H,30,35)(H,31,36)/t23-,24-/m1/s1. The largest absolute Gasteiger partial charge is 0.467 e. The first kappa shape index (κ1) is 26.4. The van der Waals surface area contributed by atoms with Gasteiger partial charge in [0.15, 0.2) is 5.17 Å². The number of furan rings is 1. The molecule has 0 aliphatic carbocycles. The van der Waals surface area contributed by atoms with Crippen LogP contribution in [0.3, 0.4) is 0 Å². The maximum absolute atomic E-state index is 13.5. The van der Waals surface area contributed by atoms with E-state index in [-0.39, 0.29) is 30.7 Å². The zero-order valence-electron chi connectivity index (χ0n) is 21.7. The molecular formula is C29H29N5O4S.